The smallest absolute Gasteiger partial charge is 0.261 e. The van der Waals surface area contributed by atoms with Crippen LogP contribution in [0, 0.1) is 17.3 Å². The lowest BCUT2D eigenvalue weighted by molar-refractivity contribution is -0.138. The molecule has 5 aliphatic rings. The fourth-order valence-corrected chi connectivity index (χ4v) is 6.69. The number of amides is 3. The van der Waals surface area contributed by atoms with Gasteiger partial charge in [0.2, 0.25) is 5.91 Å². The third-order valence-electron chi connectivity index (χ3n) is 6.48. The molecule has 2 N–H and O–H groups in total. The molecule has 5 nitrogen and oxygen atoms in total. The highest BCUT2D eigenvalue weighted by molar-refractivity contribution is 6.25. The third kappa shape index (κ3) is 2.18. The summed E-state index contributed by atoms with van der Waals surface area (Å²) in [7, 11) is 0. The normalized spacial score (nSPS) is 37.8. The largest absolute Gasteiger partial charge is 0.325 e. The Bertz CT molecular complexity index is 820. The van der Waals surface area contributed by atoms with Crippen LogP contribution in [0.4, 0.5) is 5.69 Å². The molecule has 4 atom stereocenters. The summed E-state index contributed by atoms with van der Waals surface area (Å²) in [4.78, 5) is 36.9. The highest BCUT2D eigenvalue weighted by Gasteiger charge is 2.60. The molecule has 1 heterocycles. The molecule has 4 aliphatic carbocycles. The summed E-state index contributed by atoms with van der Waals surface area (Å²) in [5.41, 5.74) is 0.576. The average molecular weight is 359 g/mol. The lowest BCUT2D eigenvalue weighted by Crippen LogP contribution is -2.57. The number of anilines is 1. The van der Waals surface area contributed by atoms with E-state index in [2.05, 4.69) is 10.6 Å². The van der Waals surface area contributed by atoms with Gasteiger partial charge in [-0.2, -0.15) is 0 Å². The minimum absolute atomic E-state index is 0.0489. The summed E-state index contributed by atoms with van der Waals surface area (Å²) in [6, 6.07) is 4.98. The number of rotatable bonds is 2. The predicted molar refractivity (Wildman–Crippen MR) is 92.6 cm³/mol. The number of hydrogen-bond donors (Lipinski definition) is 2. The Morgan fingerprint density at radius 1 is 1.12 bits per heavy atom. The first-order valence-corrected chi connectivity index (χ1v) is 9.24. The monoisotopic (exact) mass is 358 g/mol. The van der Waals surface area contributed by atoms with Crippen LogP contribution in [0.5, 0.6) is 0 Å². The molecule has 4 bridgehead atoms. The van der Waals surface area contributed by atoms with E-state index in [1.165, 1.54) is 6.42 Å². The Kier molecular flexibility index (Phi) is 2.98. The van der Waals surface area contributed by atoms with Crippen LogP contribution in [-0.2, 0) is 4.79 Å². The maximum Gasteiger partial charge on any atom is 0.261 e. The molecule has 2 unspecified atom stereocenters. The van der Waals surface area contributed by atoms with Crippen LogP contribution in [0.3, 0.4) is 0 Å². The molecule has 4 saturated carbocycles. The van der Waals surface area contributed by atoms with Gasteiger partial charge in [-0.3, -0.25) is 19.7 Å². The summed E-state index contributed by atoms with van der Waals surface area (Å²) in [5, 5.41) is 5.24. The second kappa shape index (κ2) is 4.85. The molecule has 130 valence electrons. The lowest BCUT2D eigenvalue weighted by Gasteiger charge is -2.59. The van der Waals surface area contributed by atoms with Crippen molar-refractivity contribution in [3.8, 4) is 0 Å². The molecule has 4 fully saturated rings. The summed E-state index contributed by atoms with van der Waals surface area (Å²) < 4.78 is 0. The number of alkyl halides is 1. The van der Waals surface area contributed by atoms with E-state index < -0.39 is 17.2 Å². The van der Waals surface area contributed by atoms with Crippen LogP contribution in [0.15, 0.2) is 18.2 Å². The maximum absolute atomic E-state index is 13.2. The quantitative estimate of drug-likeness (QED) is 0.630. The Morgan fingerprint density at radius 3 is 2.52 bits per heavy atom. The van der Waals surface area contributed by atoms with Gasteiger partial charge < -0.3 is 5.32 Å². The zero-order valence-corrected chi connectivity index (χ0v) is 14.5. The van der Waals surface area contributed by atoms with Crippen molar-refractivity contribution >= 4 is 35.0 Å². The van der Waals surface area contributed by atoms with E-state index in [0.717, 1.165) is 25.7 Å². The molecule has 0 spiro atoms. The molecule has 1 aromatic rings. The molecule has 1 aromatic carbocycles. The van der Waals surface area contributed by atoms with Gasteiger partial charge in [-0.25, -0.2) is 0 Å². The van der Waals surface area contributed by atoms with E-state index in [1.54, 1.807) is 18.2 Å². The first-order chi connectivity index (χ1) is 11.9. The Hall–Kier alpha value is -1.88. The van der Waals surface area contributed by atoms with E-state index in [0.29, 0.717) is 29.5 Å². The van der Waals surface area contributed by atoms with Gasteiger partial charge in [0.15, 0.2) is 0 Å². The van der Waals surface area contributed by atoms with Gasteiger partial charge in [-0.1, -0.05) is 6.07 Å². The highest BCUT2D eigenvalue weighted by Crippen LogP contribution is 2.64. The van der Waals surface area contributed by atoms with Gasteiger partial charge in [-0.15, -0.1) is 11.6 Å². The van der Waals surface area contributed by atoms with Crippen molar-refractivity contribution in [3.05, 3.63) is 29.3 Å². The van der Waals surface area contributed by atoms with E-state index in [4.69, 9.17) is 11.6 Å². The standard InChI is InChI=1S/C19H19ClN2O3/c20-19-7-10-4-11(8-19)6-18(5-10,9-19)17(25)21-13-3-1-2-12-14(13)16(24)22-15(12)23/h1-3,10-11H,4-9H2,(H,21,25)(H,22,23,24)/t10-,11+,18?,19?. The van der Waals surface area contributed by atoms with Crippen molar-refractivity contribution in [3.63, 3.8) is 0 Å². The first kappa shape index (κ1) is 15.4. The van der Waals surface area contributed by atoms with Gasteiger partial charge in [0, 0.05) is 4.87 Å². The zero-order valence-electron chi connectivity index (χ0n) is 13.7. The van der Waals surface area contributed by atoms with Crippen LogP contribution in [-0.4, -0.2) is 22.6 Å². The number of nitrogens with one attached hydrogen (secondary N) is 2. The SMILES string of the molecule is O=C1NC(=O)c2c(NC(=O)C34C[C@@H]5C[C@@H](CC(Cl)(C5)C3)C4)cccc21. The van der Waals surface area contributed by atoms with E-state index in [1.807, 2.05) is 0 Å². The number of imide groups is 1. The second-order valence-corrected chi connectivity index (χ2v) is 9.16. The summed E-state index contributed by atoms with van der Waals surface area (Å²) in [5.74, 6) is 0.139. The summed E-state index contributed by atoms with van der Waals surface area (Å²) in [6.45, 7) is 0. The van der Waals surface area contributed by atoms with Crippen LogP contribution in [0.1, 0.15) is 59.2 Å². The Labute approximate surface area is 150 Å². The van der Waals surface area contributed by atoms with Gasteiger partial charge in [0.05, 0.1) is 22.2 Å². The molecule has 3 amide bonds. The van der Waals surface area contributed by atoms with Crippen molar-refractivity contribution in [1.82, 2.24) is 5.32 Å². The Balaban J connectivity index is 1.48. The maximum atomic E-state index is 13.2. The predicted octanol–water partition coefficient (Wildman–Crippen LogP) is 3.09. The molecule has 0 aromatic heterocycles. The van der Waals surface area contributed by atoms with Crippen molar-refractivity contribution in [2.75, 3.05) is 5.32 Å². The number of carbonyl (C=O) groups is 3. The molecule has 6 heteroatoms. The van der Waals surface area contributed by atoms with Crippen LogP contribution in [0.2, 0.25) is 0 Å². The first-order valence-electron chi connectivity index (χ1n) is 8.87. The van der Waals surface area contributed by atoms with Crippen molar-refractivity contribution in [1.29, 1.82) is 0 Å². The minimum Gasteiger partial charge on any atom is -0.325 e. The fraction of sp³-hybridized carbons (Fsp3) is 0.526. The molecular formula is C19H19ClN2O3. The number of halogens is 1. The summed E-state index contributed by atoms with van der Waals surface area (Å²) in [6.07, 6.45) is 5.67. The van der Waals surface area contributed by atoms with Crippen LogP contribution in [0.25, 0.3) is 0 Å². The molecule has 0 radical (unpaired) electrons. The second-order valence-electron chi connectivity index (χ2n) is 8.36. The van der Waals surface area contributed by atoms with Gasteiger partial charge in [0.1, 0.15) is 0 Å². The Morgan fingerprint density at radius 2 is 1.84 bits per heavy atom. The fourth-order valence-electron chi connectivity index (χ4n) is 5.99. The third-order valence-corrected chi connectivity index (χ3v) is 6.93. The highest BCUT2D eigenvalue weighted by atomic mass is 35.5. The van der Waals surface area contributed by atoms with Gasteiger partial charge >= 0.3 is 0 Å². The number of benzene rings is 1. The molecular weight excluding hydrogens is 340 g/mol. The van der Waals surface area contributed by atoms with Crippen LogP contribution < -0.4 is 10.6 Å². The van der Waals surface area contributed by atoms with Crippen molar-refractivity contribution in [2.45, 2.75) is 43.4 Å². The van der Waals surface area contributed by atoms with Gasteiger partial charge in [0.25, 0.3) is 11.8 Å². The number of hydrogen-bond acceptors (Lipinski definition) is 3. The number of carbonyl (C=O) groups excluding carboxylic acids is 3. The number of fused-ring (bicyclic) bond motifs is 1. The molecule has 1 aliphatic heterocycles. The minimum atomic E-state index is -0.449. The zero-order chi connectivity index (χ0) is 17.4. The van der Waals surface area contributed by atoms with E-state index in [9.17, 15) is 14.4 Å². The molecule has 6 rings (SSSR count). The topological polar surface area (TPSA) is 75.3 Å². The van der Waals surface area contributed by atoms with E-state index >= 15 is 0 Å². The molecule has 0 saturated heterocycles. The van der Waals surface area contributed by atoms with Crippen molar-refractivity contribution < 1.29 is 14.4 Å². The van der Waals surface area contributed by atoms with E-state index in [-0.39, 0.29) is 16.3 Å². The average Bonchev–Trinajstić information content (AvgIpc) is 2.80. The molecule has 25 heavy (non-hydrogen) atoms. The summed E-state index contributed by atoms with van der Waals surface area (Å²) >= 11 is 6.81. The van der Waals surface area contributed by atoms with Crippen molar-refractivity contribution in [2.24, 2.45) is 17.3 Å². The van der Waals surface area contributed by atoms with Gasteiger partial charge in [-0.05, 0) is 62.5 Å². The lowest BCUT2D eigenvalue weighted by atomic mass is 9.49. The van der Waals surface area contributed by atoms with Crippen LogP contribution >= 0.6 is 11.6 Å².